The molecular formula is C19H16N6O5S. The van der Waals surface area contributed by atoms with Crippen LogP contribution >= 0.6 is 11.3 Å². The van der Waals surface area contributed by atoms with Crippen LogP contribution in [0.5, 0.6) is 5.75 Å². The summed E-state index contributed by atoms with van der Waals surface area (Å²) < 4.78 is 5.05. The maximum absolute atomic E-state index is 12.2. The topological polar surface area (TPSA) is 149 Å². The van der Waals surface area contributed by atoms with Gasteiger partial charge in [-0.1, -0.05) is 23.5 Å². The molecule has 0 saturated heterocycles. The van der Waals surface area contributed by atoms with E-state index in [-0.39, 0.29) is 23.1 Å². The SMILES string of the molecule is COc1ccc(C(=O)Nc2nnc(CC(=O)N/N=C/c3cccc([N+](=O)[O-])c3)s2)cc1. The molecule has 0 aliphatic carbocycles. The molecule has 0 bridgehead atoms. The minimum atomic E-state index is -0.517. The monoisotopic (exact) mass is 440 g/mol. The van der Waals surface area contributed by atoms with Crippen LogP contribution in [-0.2, 0) is 11.2 Å². The molecule has 0 aliphatic rings. The standard InChI is InChI=1S/C19H16N6O5S/c1-30-15-7-5-13(6-8-15)18(27)21-19-24-23-17(31-19)10-16(26)22-20-11-12-3-2-4-14(9-12)25(28)29/h2-9,11H,10H2,1H3,(H,22,26)(H,21,24,27)/b20-11+. The number of rotatable bonds is 8. The Kier molecular flexibility index (Phi) is 6.96. The number of nitro groups is 1. The quantitative estimate of drug-likeness (QED) is 0.310. The van der Waals surface area contributed by atoms with Crippen molar-refractivity contribution in [3.63, 3.8) is 0 Å². The molecule has 2 aromatic carbocycles. The number of anilines is 1. The average Bonchev–Trinajstić information content (AvgIpc) is 3.20. The summed E-state index contributed by atoms with van der Waals surface area (Å²) in [5.74, 6) is -0.184. The van der Waals surface area contributed by atoms with E-state index in [1.54, 1.807) is 30.3 Å². The molecule has 0 aliphatic heterocycles. The Morgan fingerprint density at radius 2 is 2.00 bits per heavy atom. The Labute approximate surface area is 179 Å². The molecular weight excluding hydrogens is 424 g/mol. The fourth-order valence-corrected chi connectivity index (χ4v) is 3.10. The number of ether oxygens (including phenoxy) is 1. The zero-order valence-corrected chi connectivity index (χ0v) is 17.0. The number of nitrogens with one attached hydrogen (secondary N) is 2. The second kappa shape index (κ2) is 10.0. The number of nitrogens with zero attached hydrogens (tertiary/aromatic N) is 4. The van der Waals surface area contributed by atoms with Gasteiger partial charge in [0.15, 0.2) is 0 Å². The van der Waals surface area contributed by atoms with Crippen LogP contribution in [0, 0.1) is 10.1 Å². The second-order valence-corrected chi connectivity index (χ2v) is 7.07. The number of carbonyl (C=O) groups is 2. The number of aromatic nitrogens is 2. The first kappa shape index (κ1) is 21.5. The van der Waals surface area contributed by atoms with Gasteiger partial charge in [0.25, 0.3) is 11.6 Å². The number of non-ortho nitro benzene ring substituents is 1. The van der Waals surface area contributed by atoms with Gasteiger partial charge in [-0.3, -0.25) is 25.0 Å². The molecule has 0 radical (unpaired) electrons. The van der Waals surface area contributed by atoms with Gasteiger partial charge in [-0.25, -0.2) is 5.43 Å². The van der Waals surface area contributed by atoms with E-state index in [0.717, 1.165) is 11.3 Å². The lowest BCUT2D eigenvalue weighted by Gasteiger charge is -2.02. The molecule has 0 saturated carbocycles. The molecule has 2 N–H and O–H groups in total. The third-order valence-corrected chi connectivity index (χ3v) is 4.67. The Bertz CT molecular complexity index is 1130. The van der Waals surface area contributed by atoms with Crippen LogP contribution in [-0.4, -0.2) is 40.3 Å². The van der Waals surface area contributed by atoms with Crippen LogP contribution in [0.15, 0.2) is 53.6 Å². The molecule has 3 rings (SSSR count). The number of carbonyl (C=O) groups excluding carboxylic acids is 2. The molecule has 0 fully saturated rings. The van der Waals surface area contributed by atoms with Gasteiger partial charge in [0.1, 0.15) is 10.8 Å². The molecule has 158 valence electrons. The fourth-order valence-electron chi connectivity index (χ4n) is 2.36. The van der Waals surface area contributed by atoms with E-state index in [0.29, 0.717) is 21.9 Å². The molecule has 3 aromatic rings. The van der Waals surface area contributed by atoms with Crippen molar-refractivity contribution in [3.8, 4) is 5.75 Å². The Balaban J connectivity index is 1.51. The van der Waals surface area contributed by atoms with Gasteiger partial charge in [-0.15, -0.1) is 10.2 Å². The molecule has 2 amide bonds. The molecule has 0 unspecified atom stereocenters. The van der Waals surface area contributed by atoms with Crippen LogP contribution in [0.25, 0.3) is 0 Å². The van der Waals surface area contributed by atoms with Crippen molar-refractivity contribution in [3.05, 3.63) is 74.8 Å². The highest BCUT2D eigenvalue weighted by molar-refractivity contribution is 7.15. The van der Waals surface area contributed by atoms with Gasteiger partial charge >= 0.3 is 0 Å². The van der Waals surface area contributed by atoms with Crippen molar-refractivity contribution >= 4 is 40.2 Å². The summed E-state index contributed by atoms with van der Waals surface area (Å²) in [6, 6.07) is 12.4. The van der Waals surface area contributed by atoms with Crippen molar-refractivity contribution < 1.29 is 19.2 Å². The van der Waals surface area contributed by atoms with Crippen LogP contribution in [0.4, 0.5) is 10.8 Å². The van der Waals surface area contributed by atoms with Gasteiger partial charge in [0, 0.05) is 23.3 Å². The first-order valence-electron chi connectivity index (χ1n) is 8.79. The molecule has 11 nitrogen and oxygen atoms in total. The average molecular weight is 440 g/mol. The summed E-state index contributed by atoms with van der Waals surface area (Å²) in [5, 5.41) is 25.5. The van der Waals surface area contributed by atoms with E-state index in [2.05, 4.69) is 26.0 Å². The third-order valence-electron chi connectivity index (χ3n) is 3.84. The van der Waals surface area contributed by atoms with Gasteiger partial charge in [-0.05, 0) is 24.3 Å². The van der Waals surface area contributed by atoms with Gasteiger partial charge < -0.3 is 4.74 Å². The van der Waals surface area contributed by atoms with E-state index < -0.39 is 10.8 Å². The molecule has 1 aromatic heterocycles. The highest BCUT2D eigenvalue weighted by atomic mass is 32.1. The van der Waals surface area contributed by atoms with Crippen LogP contribution in [0.1, 0.15) is 20.9 Å². The van der Waals surface area contributed by atoms with Crippen molar-refractivity contribution in [2.45, 2.75) is 6.42 Å². The first-order valence-corrected chi connectivity index (χ1v) is 9.60. The van der Waals surface area contributed by atoms with Crippen molar-refractivity contribution in [2.75, 3.05) is 12.4 Å². The second-order valence-electron chi connectivity index (χ2n) is 6.01. The summed E-state index contributed by atoms with van der Waals surface area (Å²) >= 11 is 1.06. The number of methoxy groups -OCH3 is 1. The van der Waals surface area contributed by atoms with Gasteiger partial charge in [0.2, 0.25) is 11.0 Å². The third kappa shape index (κ3) is 6.14. The maximum atomic E-state index is 12.2. The molecule has 12 heteroatoms. The predicted octanol–water partition coefficient (Wildman–Crippen LogP) is 2.40. The lowest BCUT2D eigenvalue weighted by molar-refractivity contribution is -0.384. The first-order chi connectivity index (χ1) is 14.9. The Morgan fingerprint density at radius 3 is 2.71 bits per heavy atom. The van der Waals surface area contributed by atoms with Gasteiger partial charge in [-0.2, -0.15) is 5.10 Å². The van der Waals surface area contributed by atoms with Crippen molar-refractivity contribution in [1.82, 2.24) is 15.6 Å². The fraction of sp³-hybridized carbons (Fsp3) is 0.105. The summed E-state index contributed by atoms with van der Waals surface area (Å²) in [4.78, 5) is 34.5. The lowest BCUT2D eigenvalue weighted by atomic mass is 10.2. The van der Waals surface area contributed by atoms with E-state index in [1.165, 1.54) is 31.5 Å². The number of amides is 2. The van der Waals surface area contributed by atoms with E-state index in [1.807, 2.05) is 0 Å². The van der Waals surface area contributed by atoms with Crippen LogP contribution in [0.2, 0.25) is 0 Å². The number of hydrogen-bond acceptors (Lipinski definition) is 9. The van der Waals surface area contributed by atoms with Gasteiger partial charge in [0.05, 0.1) is 24.7 Å². The predicted molar refractivity (Wildman–Crippen MR) is 113 cm³/mol. The minimum absolute atomic E-state index is 0.0756. The van der Waals surface area contributed by atoms with Crippen LogP contribution < -0.4 is 15.5 Å². The van der Waals surface area contributed by atoms with E-state index >= 15 is 0 Å². The summed E-state index contributed by atoms with van der Waals surface area (Å²) in [6.45, 7) is 0. The highest BCUT2D eigenvalue weighted by Crippen LogP contribution is 2.18. The van der Waals surface area contributed by atoms with Crippen molar-refractivity contribution in [1.29, 1.82) is 0 Å². The van der Waals surface area contributed by atoms with Crippen molar-refractivity contribution in [2.24, 2.45) is 5.10 Å². The van der Waals surface area contributed by atoms with E-state index in [4.69, 9.17) is 4.74 Å². The zero-order valence-electron chi connectivity index (χ0n) is 16.1. The lowest BCUT2D eigenvalue weighted by Crippen LogP contribution is -2.19. The number of hydrogen-bond donors (Lipinski definition) is 2. The Morgan fingerprint density at radius 1 is 1.23 bits per heavy atom. The number of nitro benzene ring substituents is 1. The largest absolute Gasteiger partial charge is 0.497 e. The number of hydrazone groups is 1. The smallest absolute Gasteiger partial charge is 0.270 e. The Hall–Kier alpha value is -4.19. The molecule has 0 spiro atoms. The number of benzene rings is 2. The summed E-state index contributed by atoms with van der Waals surface area (Å²) in [7, 11) is 1.53. The normalized spacial score (nSPS) is 10.6. The zero-order chi connectivity index (χ0) is 22.2. The molecule has 0 atom stereocenters. The molecule has 1 heterocycles. The summed E-state index contributed by atoms with van der Waals surface area (Å²) in [5.41, 5.74) is 3.13. The maximum Gasteiger partial charge on any atom is 0.270 e. The molecule has 31 heavy (non-hydrogen) atoms. The van der Waals surface area contributed by atoms with Crippen LogP contribution in [0.3, 0.4) is 0 Å². The minimum Gasteiger partial charge on any atom is -0.497 e. The highest BCUT2D eigenvalue weighted by Gasteiger charge is 2.12. The summed E-state index contributed by atoms with van der Waals surface area (Å²) in [6.07, 6.45) is 1.20. The van der Waals surface area contributed by atoms with E-state index in [9.17, 15) is 19.7 Å².